The largest absolute Gasteiger partial charge is 0.326 e. The van der Waals surface area contributed by atoms with E-state index < -0.39 is 10.0 Å². The number of halogens is 2. The highest BCUT2D eigenvalue weighted by Gasteiger charge is 2.24. The molecular formula is C18H21BrClN3O3S. The summed E-state index contributed by atoms with van der Waals surface area (Å²) in [6, 6.07) is 11.8. The van der Waals surface area contributed by atoms with Crippen LogP contribution in [-0.4, -0.2) is 51.3 Å². The molecule has 9 heteroatoms. The van der Waals surface area contributed by atoms with Crippen molar-refractivity contribution in [2.24, 2.45) is 0 Å². The molecule has 0 unspecified atom stereocenters. The molecule has 27 heavy (non-hydrogen) atoms. The van der Waals surface area contributed by atoms with Crippen LogP contribution in [0.5, 0.6) is 0 Å². The maximum absolute atomic E-state index is 12.8. The number of carbonyl (C=O) groups is 1. The van der Waals surface area contributed by atoms with Gasteiger partial charge in [-0.25, -0.2) is 8.42 Å². The van der Waals surface area contributed by atoms with Gasteiger partial charge in [-0.1, -0.05) is 29.8 Å². The topological polar surface area (TPSA) is 69.7 Å². The lowest BCUT2D eigenvalue weighted by Crippen LogP contribution is -2.35. The molecule has 2 aromatic carbocycles. The SMILES string of the molecule is CN(C)CN(C)S(=O)(=O)c1cc(NC(=O)Cc2ccccc2Cl)ccc1Br. The Bertz CT molecular complexity index is 935. The van der Waals surface area contributed by atoms with E-state index in [4.69, 9.17) is 11.6 Å². The highest BCUT2D eigenvalue weighted by Crippen LogP contribution is 2.28. The third-order valence-electron chi connectivity index (χ3n) is 3.69. The fraction of sp³-hybridized carbons (Fsp3) is 0.278. The smallest absolute Gasteiger partial charge is 0.245 e. The Hall–Kier alpha value is -1.45. The zero-order chi connectivity index (χ0) is 20.2. The molecule has 0 saturated carbocycles. The lowest BCUT2D eigenvalue weighted by molar-refractivity contribution is -0.115. The molecule has 0 fully saturated rings. The van der Waals surface area contributed by atoms with Gasteiger partial charge in [0.15, 0.2) is 0 Å². The Balaban J connectivity index is 2.22. The van der Waals surface area contributed by atoms with E-state index in [2.05, 4.69) is 21.2 Å². The highest BCUT2D eigenvalue weighted by molar-refractivity contribution is 9.10. The number of carbonyl (C=O) groups excluding carboxylic acids is 1. The summed E-state index contributed by atoms with van der Waals surface area (Å²) in [5.74, 6) is -0.282. The van der Waals surface area contributed by atoms with Crippen molar-refractivity contribution in [3.8, 4) is 0 Å². The lowest BCUT2D eigenvalue weighted by Gasteiger charge is -2.22. The molecule has 0 saturated heterocycles. The van der Waals surface area contributed by atoms with Gasteiger partial charge in [0.2, 0.25) is 15.9 Å². The predicted octanol–water partition coefficient (Wildman–Crippen LogP) is 3.42. The van der Waals surface area contributed by atoms with Gasteiger partial charge in [-0.05, 0) is 59.9 Å². The zero-order valence-electron chi connectivity index (χ0n) is 15.2. The fourth-order valence-electron chi connectivity index (χ4n) is 2.44. The molecule has 1 N–H and O–H groups in total. The summed E-state index contributed by atoms with van der Waals surface area (Å²) in [4.78, 5) is 14.1. The van der Waals surface area contributed by atoms with E-state index in [1.165, 1.54) is 17.4 Å². The van der Waals surface area contributed by atoms with E-state index in [0.717, 1.165) is 0 Å². The summed E-state index contributed by atoms with van der Waals surface area (Å²) < 4.78 is 27.3. The molecule has 1 amide bonds. The number of nitrogens with zero attached hydrogens (tertiary/aromatic N) is 2. The molecule has 0 aliphatic heterocycles. The minimum atomic E-state index is -3.72. The van der Waals surface area contributed by atoms with Crippen molar-refractivity contribution in [3.63, 3.8) is 0 Å². The second-order valence-electron chi connectivity index (χ2n) is 6.29. The summed E-state index contributed by atoms with van der Waals surface area (Å²) in [5, 5.41) is 3.24. The van der Waals surface area contributed by atoms with Crippen molar-refractivity contribution in [1.29, 1.82) is 0 Å². The van der Waals surface area contributed by atoms with E-state index in [9.17, 15) is 13.2 Å². The number of anilines is 1. The molecule has 6 nitrogen and oxygen atoms in total. The number of sulfonamides is 1. The number of amides is 1. The zero-order valence-corrected chi connectivity index (χ0v) is 18.4. The van der Waals surface area contributed by atoms with Gasteiger partial charge in [-0.3, -0.25) is 9.69 Å². The Morgan fingerprint density at radius 3 is 2.44 bits per heavy atom. The molecule has 146 valence electrons. The number of hydrogen-bond donors (Lipinski definition) is 1. The van der Waals surface area contributed by atoms with E-state index in [1.807, 2.05) is 0 Å². The number of nitrogens with one attached hydrogen (secondary N) is 1. The third-order valence-corrected chi connectivity index (χ3v) is 6.85. The molecule has 0 spiro atoms. The van der Waals surface area contributed by atoms with Crippen molar-refractivity contribution in [1.82, 2.24) is 9.21 Å². The minimum Gasteiger partial charge on any atom is -0.326 e. The van der Waals surface area contributed by atoms with Crippen LogP contribution in [0.2, 0.25) is 5.02 Å². The summed E-state index contributed by atoms with van der Waals surface area (Å²) >= 11 is 9.36. The van der Waals surface area contributed by atoms with E-state index in [1.54, 1.807) is 55.4 Å². The van der Waals surface area contributed by atoms with Crippen molar-refractivity contribution in [3.05, 3.63) is 57.5 Å². The van der Waals surface area contributed by atoms with Gasteiger partial charge >= 0.3 is 0 Å². The van der Waals surface area contributed by atoms with Crippen LogP contribution < -0.4 is 5.32 Å². The molecule has 0 atom stereocenters. The van der Waals surface area contributed by atoms with Crippen LogP contribution >= 0.6 is 27.5 Å². The minimum absolute atomic E-state index is 0.0855. The molecule has 0 aromatic heterocycles. The van der Waals surface area contributed by atoms with Crippen molar-refractivity contribution in [2.75, 3.05) is 33.1 Å². The Kier molecular flexibility index (Phi) is 7.41. The first-order chi connectivity index (χ1) is 12.6. The highest BCUT2D eigenvalue weighted by atomic mass is 79.9. The molecule has 2 rings (SSSR count). The Morgan fingerprint density at radius 1 is 1.15 bits per heavy atom. The van der Waals surface area contributed by atoms with E-state index in [0.29, 0.717) is 20.7 Å². The van der Waals surface area contributed by atoms with Gasteiger partial charge in [0.05, 0.1) is 18.0 Å². The van der Waals surface area contributed by atoms with E-state index >= 15 is 0 Å². The monoisotopic (exact) mass is 473 g/mol. The van der Waals surface area contributed by atoms with Gasteiger partial charge in [-0.15, -0.1) is 0 Å². The summed E-state index contributed by atoms with van der Waals surface area (Å²) in [5.41, 5.74) is 1.10. The first-order valence-electron chi connectivity index (χ1n) is 8.05. The van der Waals surface area contributed by atoms with Gasteiger partial charge < -0.3 is 5.32 Å². The number of rotatable bonds is 7. The van der Waals surface area contributed by atoms with Gasteiger partial charge in [0, 0.05) is 22.2 Å². The quantitative estimate of drug-likeness (QED) is 0.624. The van der Waals surface area contributed by atoms with Gasteiger partial charge in [0.25, 0.3) is 0 Å². The summed E-state index contributed by atoms with van der Waals surface area (Å²) in [7, 11) is 1.36. The Morgan fingerprint density at radius 2 is 1.81 bits per heavy atom. The predicted molar refractivity (Wildman–Crippen MR) is 111 cm³/mol. The van der Waals surface area contributed by atoms with Crippen LogP contribution in [0.4, 0.5) is 5.69 Å². The van der Waals surface area contributed by atoms with Gasteiger partial charge in [0.1, 0.15) is 0 Å². The number of hydrogen-bond acceptors (Lipinski definition) is 4. The van der Waals surface area contributed by atoms with Crippen LogP contribution in [0, 0.1) is 0 Å². The molecule has 0 heterocycles. The summed E-state index contributed by atoms with van der Waals surface area (Å²) in [6.45, 7) is 0.234. The van der Waals surface area contributed by atoms with Crippen LogP contribution in [0.25, 0.3) is 0 Å². The van der Waals surface area contributed by atoms with Crippen molar-refractivity contribution >= 4 is 49.1 Å². The standard InChI is InChI=1S/C18H21BrClN3O3S/c1-22(2)12-23(3)27(25,26)17-11-14(8-9-15(17)19)21-18(24)10-13-6-4-5-7-16(13)20/h4-9,11H,10,12H2,1-3H3,(H,21,24). The molecular weight excluding hydrogens is 454 g/mol. The average molecular weight is 475 g/mol. The molecule has 0 aliphatic carbocycles. The Labute approximate surface area is 173 Å². The average Bonchev–Trinajstić information content (AvgIpc) is 2.58. The second-order valence-corrected chi connectivity index (χ2v) is 9.56. The van der Waals surface area contributed by atoms with Crippen molar-refractivity contribution in [2.45, 2.75) is 11.3 Å². The molecule has 0 aliphatic rings. The number of benzene rings is 2. The van der Waals surface area contributed by atoms with Crippen LogP contribution in [0.15, 0.2) is 51.8 Å². The van der Waals surface area contributed by atoms with Gasteiger partial charge in [-0.2, -0.15) is 4.31 Å². The fourth-order valence-corrected chi connectivity index (χ4v) is 4.81. The van der Waals surface area contributed by atoms with Crippen LogP contribution in [-0.2, 0) is 21.2 Å². The lowest BCUT2D eigenvalue weighted by atomic mass is 10.1. The molecule has 2 aromatic rings. The van der Waals surface area contributed by atoms with Crippen LogP contribution in [0.3, 0.4) is 0 Å². The maximum Gasteiger partial charge on any atom is 0.245 e. The second kappa shape index (κ2) is 9.16. The first-order valence-corrected chi connectivity index (χ1v) is 10.7. The third kappa shape index (κ3) is 5.76. The molecule has 0 bridgehead atoms. The normalized spacial score (nSPS) is 11.8. The van der Waals surface area contributed by atoms with Crippen LogP contribution in [0.1, 0.15) is 5.56 Å². The van der Waals surface area contributed by atoms with Crippen molar-refractivity contribution < 1.29 is 13.2 Å². The van der Waals surface area contributed by atoms with E-state index in [-0.39, 0.29) is 23.9 Å². The maximum atomic E-state index is 12.8. The first kappa shape index (κ1) is 21.8. The summed E-state index contributed by atoms with van der Waals surface area (Å²) in [6.07, 6.45) is 0.0956. The molecule has 0 radical (unpaired) electrons.